The Hall–Kier alpha value is -1.75. The molecule has 0 unspecified atom stereocenters. The monoisotopic (exact) mass is 287 g/mol. The van der Waals surface area contributed by atoms with E-state index in [2.05, 4.69) is 34.7 Å². The Bertz CT molecular complexity index is 650. The standard InChI is InChI=1S/C15H17N3OS/c1-10-14(8-16-17-10)15(19)18-6-5-11-7-13(20-2)4-3-12(11)9-18/h3-4,7-8H,5-6,9H2,1-2H3,(H,16,17). The molecule has 4 nitrogen and oxygen atoms in total. The summed E-state index contributed by atoms with van der Waals surface area (Å²) in [5.41, 5.74) is 4.13. The van der Waals surface area contributed by atoms with Crippen LogP contribution in [0.2, 0.25) is 0 Å². The van der Waals surface area contributed by atoms with Crippen molar-refractivity contribution in [3.8, 4) is 0 Å². The van der Waals surface area contributed by atoms with Crippen LogP contribution in [0.15, 0.2) is 29.3 Å². The molecule has 0 saturated heterocycles. The van der Waals surface area contributed by atoms with Gasteiger partial charge in [0.05, 0.1) is 11.8 Å². The van der Waals surface area contributed by atoms with Crippen molar-refractivity contribution in [2.45, 2.75) is 24.8 Å². The van der Waals surface area contributed by atoms with Gasteiger partial charge in [-0.05, 0) is 42.9 Å². The second-order valence-electron chi connectivity index (χ2n) is 5.02. The number of aromatic nitrogens is 2. The van der Waals surface area contributed by atoms with Crippen molar-refractivity contribution in [2.24, 2.45) is 0 Å². The Morgan fingerprint density at radius 2 is 2.25 bits per heavy atom. The highest BCUT2D eigenvalue weighted by molar-refractivity contribution is 7.98. The predicted molar refractivity (Wildman–Crippen MR) is 80.0 cm³/mol. The third kappa shape index (κ3) is 2.33. The van der Waals surface area contributed by atoms with Gasteiger partial charge in [0.25, 0.3) is 5.91 Å². The van der Waals surface area contributed by atoms with E-state index in [1.54, 1.807) is 18.0 Å². The summed E-state index contributed by atoms with van der Waals surface area (Å²) in [6.07, 6.45) is 4.62. The van der Waals surface area contributed by atoms with E-state index in [4.69, 9.17) is 0 Å². The minimum absolute atomic E-state index is 0.0656. The molecule has 20 heavy (non-hydrogen) atoms. The van der Waals surface area contributed by atoms with Gasteiger partial charge in [-0.25, -0.2) is 0 Å². The lowest BCUT2D eigenvalue weighted by atomic mass is 9.99. The van der Waals surface area contributed by atoms with E-state index in [1.165, 1.54) is 16.0 Å². The van der Waals surface area contributed by atoms with Crippen LogP contribution in [0.3, 0.4) is 0 Å². The van der Waals surface area contributed by atoms with E-state index >= 15 is 0 Å². The molecule has 3 rings (SSSR count). The Balaban J connectivity index is 1.82. The maximum absolute atomic E-state index is 12.5. The maximum Gasteiger partial charge on any atom is 0.257 e. The third-order valence-electron chi connectivity index (χ3n) is 3.77. The number of aromatic amines is 1. The number of rotatable bonds is 2. The average Bonchev–Trinajstić information content (AvgIpc) is 2.91. The van der Waals surface area contributed by atoms with Crippen LogP contribution in [0.4, 0.5) is 0 Å². The summed E-state index contributed by atoms with van der Waals surface area (Å²) >= 11 is 1.76. The first-order chi connectivity index (χ1) is 9.69. The predicted octanol–water partition coefficient (Wildman–Crippen LogP) is 2.64. The van der Waals surface area contributed by atoms with Crippen LogP contribution in [0.5, 0.6) is 0 Å². The van der Waals surface area contributed by atoms with Crippen LogP contribution in [-0.4, -0.2) is 33.8 Å². The van der Waals surface area contributed by atoms with Crippen molar-refractivity contribution in [3.63, 3.8) is 0 Å². The molecule has 1 N–H and O–H groups in total. The fourth-order valence-electron chi connectivity index (χ4n) is 2.57. The molecule has 2 aromatic rings. The van der Waals surface area contributed by atoms with Gasteiger partial charge in [0.2, 0.25) is 0 Å². The third-order valence-corrected chi connectivity index (χ3v) is 4.50. The average molecular weight is 287 g/mol. The largest absolute Gasteiger partial charge is 0.334 e. The summed E-state index contributed by atoms with van der Waals surface area (Å²) in [7, 11) is 0. The van der Waals surface area contributed by atoms with Crippen molar-refractivity contribution in [1.29, 1.82) is 0 Å². The van der Waals surface area contributed by atoms with Crippen LogP contribution in [0, 0.1) is 6.92 Å². The zero-order valence-corrected chi connectivity index (χ0v) is 12.5. The molecule has 0 radical (unpaired) electrons. The van der Waals surface area contributed by atoms with Crippen LogP contribution < -0.4 is 0 Å². The molecule has 0 fully saturated rings. The lowest BCUT2D eigenvalue weighted by Gasteiger charge is -2.29. The molecule has 104 valence electrons. The number of amides is 1. The van der Waals surface area contributed by atoms with Crippen molar-refractivity contribution in [1.82, 2.24) is 15.1 Å². The number of benzene rings is 1. The highest BCUT2D eigenvalue weighted by atomic mass is 32.2. The second-order valence-corrected chi connectivity index (χ2v) is 5.90. The summed E-state index contributed by atoms with van der Waals surface area (Å²) in [5.74, 6) is 0.0656. The zero-order chi connectivity index (χ0) is 14.1. The molecule has 0 bridgehead atoms. The molecular formula is C15H17N3OS. The fraction of sp³-hybridized carbons (Fsp3) is 0.333. The molecule has 0 atom stereocenters. The zero-order valence-electron chi connectivity index (χ0n) is 11.6. The van der Waals surface area contributed by atoms with E-state index in [1.807, 2.05) is 11.8 Å². The lowest BCUT2D eigenvalue weighted by Crippen LogP contribution is -2.36. The van der Waals surface area contributed by atoms with Gasteiger partial charge in [0.15, 0.2) is 0 Å². The molecule has 1 aromatic heterocycles. The SMILES string of the molecule is CSc1ccc2c(c1)CCN(C(=O)c1cn[nH]c1C)C2. The molecule has 1 aromatic carbocycles. The minimum Gasteiger partial charge on any atom is -0.334 e. The number of fused-ring (bicyclic) bond motifs is 1. The minimum atomic E-state index is 0.0656. The van der Waals surface area contributed by atoms with Crippen LogP contribution in [-0.2, 0) is 13.0 Å². The van der Waals surface area contributed by atoms with E-state index in [9.17, 15) is 4.79 Å². The molecule has 0 spiro atoms. The molecule has 1 aliphatic heterocycles. The number of carbonyl (C=O) groups excluding carboxylic acids is 1. The van der Waals surface area contributed by atoms with Gasteiger partial charge in [-0.1, -0.05) is 6.07 Å². The maximum atomic E-state index is 12.5. The number of hydrogen-bond donors (Lipinski definition) is 1. The number of thioether (sulfide) groups is 1. The molecule has 2 heterocycles. The number of aryl methyl sites for hydroxylation is 1. The van der Waals surface area contributed by atoms with Crippen molar-refractivity contribution in [3.05, 3.63) is 46.8 Å². The molecule has 1 aliphatic rings. The second kappa shape index (κ2) is 5.32. The quantitative estimate of drug-likeness (QED) is 0.864. The first kappa shape index (κ1) is 13.2. The summed E-state index contributed by atoms with van der Waals surface area (Å²) in [6.45, 7) is 3.34. The van der Waals surface area contributed by atoms with Gasteiger partial charge in [-0.15, -0.1) is 11.8 Å². The molecule has 5 heteroatoms. The highest BCUT2D eigenvalue weighted by Crippen LogP contribution is 2.25. The summed E-state index contributed by atoms with van der Waals surface area (Å²) in [6, 6.07) is 6.51. The van der Waals surface area contributed by atoms with Gasteiger partial charge in [-0.2, -0.15) is 5.10 Å². The van der Waals surface area contributed by atoms with Gasteiger partial charge in [-0.3, -0.25) is 9.89 Å². The molecule has 0 saturated carbocycles. The Labute approximate surface area is 122 Å². The summed E-state index contributed by atoms with van der Waals surface area (Å²) < 4.78 is 0. The summed E-state index contributed by atoms with van der Waals surface area (Å²) in [4.78, 5) is 15.7. The van der Waals surface area contributed by atoms with E-state index in [-0.39, 0.29) is 5.91 Å². The number of H-pyrrole nitrogens is 1. The molecular weight excluding hydrogens is 270 g/mol. The van der Waals surface area contributed by atoms with E-state index < -0.39 is 0 Å². The molecule has 1 amide bonds. The summed E-state index contributed by atoms with van der Waals surface area (Å²) in [5, 5.41) is 6.75. The fourth-order valence-corrected chi connectivity index (χ4v) is 3.03. The Morgan fingerprint density at radius 3 is 2.95 bits per heavy atom. The number of nitrogens with one attached hydrogen (secondary N) is 1. The van der Waals surface area contributed by atoms with Gasteiger partial charge in [0, 0.05) is 23.7 Å². The molecule has 0 aliphatic carbocycles. The van der Waals surface area contributed by atoms with Crippen LogP contribution >= 0.6 is 11.8 Å². The van der Waals surface area contributed by atoms with E-state index in [0.29, 0.717) is 12.1 Å². The van der Waals surface area contributed by atoms with Gasteiger partial charge >= 0.3 is 0 Å². The van der Waals surface area contributed by atoms with Crippen molar-refractivity contribution < 1.29 is 4.79 Å². The highest BCUT2D eigenvalue weighted by Gasteiger charge is 2.23. The Morgan fingerprint density at radius 1 is 1.40 bits per heavy atom. The van der Waals surface area contributed by atoms with Crippen LogP contribution in [0.1, 0.15) is 27.2 Å². The number of carbonyl (C=O) groups is 1. The van der Waals surface area contributed by atoms with Gasteiger partial charge < -0.3 is 4.90 Å². The smallest absolute Gasteiger partial charge is 0.257 e. The van der Waals surface area contributed by atoms with E-state index in [0.717, 1.165) is 18.7 Å². The van der Waals surface area contributed by atoms with Crippen molar-refractivity contribution in [2.75, 3.05) is 12.8 Å². The van der Waals surface area contributed by atoms with Gasteiger partial charge in [0.1, 0.15) is 0 Å². The first-order valence-electron chi connectivity index (χ1n) is 6.64. The first-order valence-corrected chi connectivity index (χ1v) is 7.86. The van der Waals surface area contributed by atoms with Crippen LogP contribution in [0.25, 0.3) is 0 Å². The van der Waals surface area contributed by atoms with Crippen molar-refractivity contribution >= 4 is 17.7 Å². The number of hydrogen-bond acceptors (Lipinski definition) is 3. The lowest BCUT2D eigenvalue weighted by molar-refractivity contribution is 0.0734. The topological polar surface area (TPSA) is 49.0 Å². The Kier molecular flexibility index (Phi) is 3.53. The normalized spacial score (nSPS) is 14.2. The number of nitrogens with zero attached hydrogens (tertiary/aromatic N) is 2.